The van der Waals surface area contributed by atoms with Gasteiger partial charge >= 0.3 is 5.97 Å². The summed E-state index contributed by atoms with van der Waals surface area (Å²) in [4.78, 5) is 51.6. The van der Waals surface area contributed by atoms with Crippen LogP contribution >= 0.6 is 0 Å². The number of aliphatic carboxylic acids is 1. The van der Waals surface area contributed by atoms with E-state index in [-0.39, 0.29) is 25.3 Å². The minimum absolute atomic E-state index is 0.0938. The molecule has 32 heavy (non-hydrogen) atoms. The van der Waals surface area contributed by atoms with E-state index >= 15 is 0 Å². The molecule has 1 aromatic rings. The van der Waals surface area contributed by atoms with Crippen LogP contribution in [0.3, 0.4) is 0 Å². The largest absolute Gasteiger partial charge is 0.480 e. The second kappa shape index (κ2) is 13.6. The fraction of sp³-hybridized carbons (Fsp3) is 0.450. The normalized spacial score (nSPS) is 13.2. The molecule has 0 saturated heterocycles. The second-order valence-electron chi connectivity index (χ2n) is 7.15. The smallest absolute Gasteiger partial charge is 0.322 e. The fourth-order valence-corrected chi connectivity index (χ4v) is 2.71. The topological polar surface area (TPSA) is 215 Å². The van der Waals surface area contributed by atoms with Crippen molar-refractivity contribution in [3.8, 4) is 0 Å². The summed E-state index contributed by atoms with van der Waals surface area (Å²) in [5, 5.41) is 15.9. The summed E-state index contributed by atoms with van der Waals surface area (Å²) in [7, 11) is 0. The van der Waals surface area contributed by atoms with E-state index in [1.807, 2.05) is 30.3 Å². The van der Waals surface area contributed by atoms with Gasteiger partial charge in [-0.05, 0) is 31.7 Å². The van der Waals surface area contributed by atoms with Crippen LogP contribution in [0.4, 0.5) is 0 Å². The first-order valence-corrected chi connectivity index (χ1v) is 10.0. The molecule has 0 fully saturated rings. The molecule has 0 aliphatic rings. The predicted molar refractivity (Wildman–Crippen MR) is 118 cm³/mol. The Morgan fingerprint density at radius 3 is 2.28 bits per heavy atom. The van der Waals surface area contributed by atoms with Crippen LogP contribution in [0, 0.1) is 0 Å². The lowest BCUT2D eigenvalue weighted by atomic mass is 10.0. The highest BCUT2D eigenvalue weighted by Gasteiger charge is 2.26. The van der Waals surface area contributed by atoms with Gasteiger partial charge in [0.2, 0.25) is 17.7 Å². The van der Waals surface area contributed by atoms with Crippen LogP contribution in [0.25, 0.3) is 0 Å². The molecule has 0 heterocycles. The lowest BCUT2D eigenvalue weighted by Crippen LogP contribution is -2.55. The van der Waals surface area contributed by atoms with Gasteiger partial charge < -0.3 is 38.3 Å². The van der Waals surface area contributed by atoms with E-state index in [4.69, 9.17) is 22.3 Å². The van der Waals surface area contributed by atoms with E-state index in [0.717, 1.165) is 5.56 Å². The van der Waals surface area contributed by atoms with E-state index in [1.54, 1.807) is 0 Å². The Morgan fingerprint density at radius 2 is 1.69 bits per heavy atom. The molecule has 0 saturated carbocycles. The number of carboxylic acids is 1. The third-order valence-electron chi connectivity index (χ3n) is 4.38. The van der Waals surface area contributed by atoms with Crippen molar-refractivity contribution in [3.63, 3.8) is 0 Å². The van der Waals surface area contributed by atoms with Crippen LogP contribution in [0.15, 0.2) is 35.3 Å². The van der Waals surface area contributed by atoms with E-state index in [0.29, 0.717) is 6.42 Å². The van der Waals surface area contributed by atoms with Crippen LogP contribution in [0.5, 0.6) is 0 Å². The summed E-state index contributed by atoms with van der Waals surface area (Å²) in [5.41, 5.74) is 17.4. The Bertz CT molecular complexity index is 812. The molecule has 176 valence electrons. The van der Waals surface area contributed by atoms with Gasteiger partial charge in [0, 0.05) is 6.54 Å². The number of rotatable bonds is 13. The highest BCUT2D eigenvalue weighted by Crippen LogP contribution is 2.04. The standard InChI is InChI=1S/C20H31N7O5/c1-12(17(30)25-11-16(28)29)26-19(32)15(8-5-9-24-20(22)23)27-18(31)14(21)10-13-6-3-2-4-7-13/h2-4,6-7,12,14-15H,5,8-11,21H2,1H3,(H,25,30)(H,26,32)(H,27,31)(H,28,29)(H4,22,23,24). The van der Waals surface area contributed by atoms with E-state index in [1.165, 1.54) is 6.92 Å². The van der Waals surface area contributed by atoms with Gasteiger partial charge in [-0.25, -0.2) is 0 Å². The molecule has 10 N–H and O–H groups in total. The van der Waals surface area contributed by atoms with Crippen molar-refractivity contribution in [1.82, 2.24) is 16.0 Å². The summed E-state index contributed by atoms with van der Waals surface area (Å²) in [6, 6.07) is 6.29. The average Bonchev–Trinajstić information content (AvgIpc) is 2.74. The van der Waals surface area contributed by atoms with Crippen LogP contribution < -0.4 is 33.2 Å². The number of guanidine groups is 1. The Kier molecular flexibility index (Phi) is 11.2. The number of benzene rings is 1. The molecule has 0 radical (unpaired) electrons. The minimum atomic E-state index is -1.21. The number of nitrogens with zero attached hydrogens (tertiary/aromatic N) is 1. The molecule has 0 aromatic heterocycles. The van der Waals surface area contributed by atoms with Crippen molar-refractivity contribution in [2.24, 2.45) is 22.2 Å². The van der Waals surface area contributed by atoms with Crippen molar-refractivity contribution in [2.45, 2.75) is 44.3 Å². The maximum Gasteiger partial charge on any atom is 0.322 e. The van der Waals surface area contributed by atoms with Crippen molar-refractivity contribution in [3.05, 3.63) is 35.9 Å². The molecule has 12 heteroatoms. The van der Waals surface area contributed by atoms with Gasteiger partial charge in [-0.15, -0.1) is 0 Å². The third kappa shape index (κ3) is 10.4. The van der Waals surface area contributed by atoms with Crippen molar-refractivity contribution in [2.75, 3.05) is 13.1 Å². The number of hydrogen-bond donors (Lipinski definition) is 7. The van der Waals surface area contributed by atoms with Crippen molar-refractivity contribution < 1.29 is 24.3 Å². The van der Waals surface area contributed by atoms with Gasteiger partial charge in [0.05, 0.1) is 6.04 Å². The molecular weight excluding hydrogens is 418 g/mol. The van der Waals surface area contributed by atoms with E-state index in [2.05, 4.69) is 20.9 Å². The summed E-state index contributed by atoms with van der Waals surface area (Å²) in [5.74, 6) is -3.13. The first-order valence-electron chi connectivity index (χ1n) is 10.0. The van der Waals surface area contributed by atoms with Gasteiger partial charge in [-0.2, -0.15) is 0 Å². The molecule has 3 atom stereocenters. The number of carbonyl (C=O) groups is 4. The van der Waals surface area contributed by atoms with Crippen molar-refractivity contribution in [1.29, 1.82) is 0 Å². The second-order valence-corrected chi connectivity index (χ2v) is 7.15. The van der Waals surface area contributed by atoms with Gasteiger partial charge in [0.15, 0.2) is 5.96 Å². The van der Waals surface area contributed by atoms with Crippen LogP contribution in [0.2, 0.25) is 0 Å². The highest BCUT2D eigenvalue weighted by molar-refractivity contribution is 5.93. The Hall–Kier alpha value is -3.67. The SMILES string of the molecule is CC(NC(=O)C(CCCN=C(N)N)NC(=O)C(N)Cc1ccccc1)C(=O)NCC(=O)O. The first-order chi connectivity index (χ1) is 15.1. The molecule has 0 spiro atoms. The van der Waals surface area contributed by atoms with Gasteiger partial charge in [0.25, 0.3) is 0 Å². The van der Waals surface area contributed by atoms with Crippen LogP contribution in [0.1, 0.15) is 25.3 Å². The lowest BCUT2D eigenvalue weighted by Gasteiger charge is -2.22. The molecule has 0 aliphatic carbocycles. The highest BCUT2D eigenvalue weighted by atomic mass is 16.4. The zero-order chi connectivity index (χ0) is 24.1. The summed E-state index contributed by atoms with van der Waals surface area (Å²) in [6.07, 6.45) is 0.850. The van der Waals surface area contributed by atoms with Crippen LogP contribution in [-0.4, -0.2) is 66.0 Å². The summed E-state index contributed by atoms with van der Waals surface area (Å²) < 4.78 is 0. The third-order valence-corrected chi connectivity index (χ3v) is 4.38. The monoisotopic (exact) mass is 449 g/mol. The molecule has 1 rings (SSSR count). The number of nitrogens with one attached hydrogen (secondary N) is 3. The molecule has 0 aliphatic heterocycles. The van der Waals surface area contributed by atoms with E-state index in [9.17, 15) is 19.2 Å². The molecule has 3 unspecified atom stereocenters. The average molecular weight is 450 g/mol. The van der Waals surface area contributed by atoms with Gasteiger partial charge in [-0.3, -0.25) is 24.2 Å². The van der Waals surface area contributed by atoms with E-state index < -0.39 is 48.4 Å². The lowest BCUT2D eigenvalue weighted by molar-refractivity contribution is -0.138. The van der Waals surface area contributed by atoms with Gasteiger partial charge in [-0.1, -0.05) is 30.3 Å². The number of carboxylic acid groups (broad SMARTS) is 1. The number of aliphatic imine (C=N–C) groups is 1. The molecular formula is C20H31N7O5. The number of carbonyl (C=O) groups excluding carboxylic acids is 3. The Morgan fingerprint density at radius 1 is 1.03 bits per heavy atom. The number of amides is 3. The maximum absolute atomic E-state index is 12.7. The summed E-state index contributed by atoms with van der Waals surface area (Å²) >= 11 is 0. The zero-order valence-corrected chi connectivity index (χ0v) is 17.9. The number of hydrogen-bond acceptors (Lipinski definition) is 6. The Balaban J connectivity index is 2.75. The van der Waals surface area contributed by atoms with Gasteiger partial charge in [0.1, 0.15) is 18.6 Å². The molecule has 0 bridgehead atoms. The van der Waals surface area contributed by atoms with Crippen molar-refractivity contribution >= 4 is 29.7 Å². The fourth-order valence-electron chi connectivity index (χ4n) is 2.71. The predicted octanol–water partition coefficient (Wildman–Crippen LogP) is -2.20. The molecule has 1 aromatic carbocycles. The maximum atomic E-state index is 12.7. The quantitative estimate of drug-likeness (QED) is 0.0993. The Labute approximate surface area is 186 Å². The number of nitrogens with two attached hydrogens (primary N) is 3. The van der Waals surface area contributed by atoms with Crippen LogP contribution in [-0.2, 0) is 25.6 Å². The summed E-state index contributed by atoms with van der Waals surface area (Å²) in [6.45, 7) is 1.06. The first kappa shape index (κ1) is 26.4. The minimum Gasteiger partial charge on any atom is -0.480 e. The zero-order valence-electron chi connectivity index (χ0n) is 17.9. The molecule has 3 amide bonds. The molecule has 12 nitrogen and oxygen atoms in total.